The molecule has 126 valence electrons. The smallest absolute Gasteiger partial charge is 0.321 e. The van der Waals surface area contributed by atoms with Crippen LogP contribution >= 0.6 is 22.7 Å². The maximum atomic E-state index is 12.2. The van der Waals surface area contributed by atoms with Crippen molar-refractivity contribution in [3.8, 4) is 9.88 Å². The van der Waals surface area contributed by atoms with Crippen molar-refractivity contribution in [2.45, 2.75) is 6.04 Å². The van der Waals surface area contributed by atoms with Gasteiger partial charge in [0.1, 0.15) is 0 Å². The molecule has 0 aliphatic heterocycles. The third kappa shape index (κ3) is 3.78. The lowest BCUT2D eigenvalue weighted by Gasteiger charge is -2.18. The monoisotopic (exact) mass is 364 g/mol. The largest absolute Gasteiger partial charge is 0.382 e. The number of hydrogen-bond donors (Lipinski definition) is 2. The van der Waals surface area contributed by atoms with Gasteiger partial charge in [0.25, 0.3) is 0 Å². The number of carbonyl (C=O) groups excluding carboxylic acids is 1. The van der Waals surface area contributed by atoms with Gasteiger partial charge in [-0.15, -0.1) is 21.5 Å². The number of nitrogens with zero attached hydrogens (tertiary/aromatic N) is 4. The molecule has 8 nitrogen and oxygen atoms in total. The van der Waals surface area contributed by atoms with Crippen LogP contribution in [0.5, 0.6) is 0 Å². The van der Waals surface area contributed by atoms with Crippen LogP contribution in [0.2, 0.25) is 0 Å². The highest BCUT2D eigenvalue weighted by Gasteiger charge is 2.18. The number of hydrogen-bond acceptors (Lipinski definition) is 7. The number of rotatable bonds is 6. The third-order valence-corrected chi connectivity index (χ3v) is 5.11. The van der Waals surface area contributed by atoms with Crippen molar-refractivity contribution in [2.75, 3.05) is 19.0 Å². The fraction of sp³-hybridized carbons (Fsp3) is 0.286. The van der Waals surface area contributed by atoms with E-state index in [1.165, 1.54) is 11.3 Å². The number of aromatic nitrogens is 4. The van der Waals surface area contributed by atoms with Crippen molar-refractivity contribution in [3.63, 3.8) is 0 Å². The second kappa shape index (κ2) is 7.51. The Balaban J connectivity index is 1.65. The standard InChI is InChI=1S/C14H16N6O2S2/c1-20-10(5-6-15-20)9(8-22-2)16-13(21)17-14-19-18-12(24-14)11-4-3-7-23-11/h3-7,9H,8H2,1-2H3,(H2,16,17,19,21)/t9-/m1/s1. The average molecular weight is 364 g/mol. The highest BCUT2D eigenvalue weighted by Crippen LogP contribution is 2.29. The molecule has 1 atom stereocenters. The fourth-order valence-corrected chi connectivity index (χ4v) is 3.69. The van der Waals surface area contributed by atoms with Gasteiger partial charge in [0, 0.05) is 20.4 Å². The molecule has 0 unspecified atom stereocenters. The molecule has 0 aliphatic carbocycles. The summed E-state index contributed by atoms with van der Waals surface area (Å²) in [7, 11) is 3.40. The molecule has 0 aromatic carbocycles. The summed E-state index contributed by atoms with van der Waals surface area (Å²) >= 11 is 2.91. The summed E-state index contributed by atoms with van der Waals surface area (Å²) in [4.78, 5) is 13.3. The van der Waals surface area contributed by atoms with Gasteiger partial charge in [-0.25, -0.2) is 4.79 Å². The number of methoxy groups -OCH3 is 1. The van der Waals surface area contributed by atoms with Gasteiger partial charge in [-0.1, -0.05) is 17.4 Å². The van der Waals surface area contributed by atoms with Gasteiger partial charge in [-0.2, -0.15) is 5.10 Å². The van der Waals surface area contributed by atoms with E-state index >= 15 is 0 Å². The molecule has 10 heteroatoms. The predicted octanol–water partition coefficient (Wildman–Crippen LogP) is 2.51. The molecule has 3 aromatic heterocycles. The summed E-state index contributed by atoms with van der Waals surface area (Å²) in [5.74, 6) is 0. The van der Waals surface area contributed by atoms with Crippen LogP contribution < -0.4 is 10.6 Å². The Morgan fingerprint density at radius 3 is 2.96 bits per heavy atom. The highest BCUT2D eigenvalue weighted by atomic mass is 32.1. The van der Waals surface area contributed by atoms with Crippen LogP contribution in [0.3, 0.4) is 0 Å². The van der Waals surface area contributed by atoms with Crippen LogP contribution in [0.4, 0.5) is 9.93 Å². The van der Waals surface area contributed by atoms with Crippen LogP contribution in [0.25, 0.3) is 9.88 Å². The fourth-order valence-electron chi connectivity index (χ4n) is 2.16. The van der Waals surface area contributed by atoms with Gasteiger partial charge in [-0.05, 0) is 17.5 Å². The zero-order valence-electron chi connectivity index (χ0n) is 13.1. The molecule has 0 spiro atoms. The second-order valence-electron chi connectivity index (χ2n) is 4.88. The SMILES string of the molecule is COC[C@@H](NC(=O)Nc1nnc(-c2cccs2)s1)c1ccnn1C. The van der Waals surface area contributed by atoms with Crippen molar-refractivity contribution in [1.82, 2.24) is 25.3 Å². The van der Waals surface area contributed by atoms with E-state index in [0.29, 0.717) is 11.7 Å². The number of carbonyl (C=O) groups is 1. The van der Waals surface area contributed by atoms with Gasteiger partial charge in [0.05, 0.1) is 23.2 Å². The molecule has 0 saturated carbocycles. The predicted molar refractivity (Wildman–Crippen MR) is 93.2 cm³/mol. The number of anilines is 1. The van der Waals surface area contributed by atoms with Crippen molar-refractivity contribution in [2.24, 2.45) is 7.05 Å². The summed E-state index contributed by atoms with van der Waals surface area (Å²) < 4.78 is 6.88. The zero-order valence-corrected chi connectivity index (χ0v) is 14.7. The molecule has 0 aliphatic rings. The molecule has 0 bridgehead atoms. The van der Waals surface area contributed by atoms with E-state index in [9.17, 15) is 4.79 Å². The first-order valence-corrected chi connectivity index (χ1v) is 8.78. The Bertz CT molecular complexity index is 798. The lowest BCUT2D eigenvalue weighted by Crippen LogP contribution is -2.35. The number of thiophene rings is 1. The lowest BCUT2D eigenvalue weighted by atomic mass is 10.2. The maximum Gasteiger partial charge on any atom is 0.321 e. The first kappa shape index (κ1) is 16.6. The molecular formula is C14H16N6O2S2. The molecular weight excluding hydrogens is 348 g/mol. The molecule has 3 rings (SSSR count). The minimum atomic E-state index is -0.368. The number of aryl methyl sites for hydroxylation is 1. The average Bonchev–Trinajstić information content (AvgIpc) is 3.27. The van der Waals surface area contributed by atoms with Gasteiger partial charge in [-0.3, -0.25) is 10.00 Å². The van der Waals surface area contributed by atoms with E-state index in [-0.39, 0.29) is 12.1 Å². The molecule has 2 amide bonds. The van der Waals surface area contributed by atoms with Crippen molar-refractivity contribution in [1.29, 1.82) is 0 Å². The summed E-state index contributed by atoms with van der Waals surface area (Å²) in [5, 5.41) is 21.0. The van der Waals surface area contributed by atoms with Crippen molar-refractivity contribution < 1.29 is 9.53 Å². The van der Waals surface area contributed by atoms with Gasteiger partial charge < -0.3 is 10.1 Å². The Kier molecular flexibility index (Phi) is 5.18. The van der Waals surface area contributed by atoms with E-state index in [1.54, 1.807) is 29.3 Å². The first-order valence-electron chi connectivity index (χ1n) is 7.09. The molecule has 24 heavy (non-hydrogen) atoms. The maximum absolute atomic E-state index is 12.2. The number of nitrogens with one attached hydrogen (secondary N) is 2. The minimum Gasteiger partial charge on any atom is -0.382 e. The third-order valence-electron chi connectivity index (χ3n) is 3.23. The van der Waals surface area contributed by atoms with Crippen LogP contribution in [0.1, 0.15) is 11.7 Å². The van der Waals surface area contributed by atoms with E-state index in [2.05, 4.69) is 25.9 Å². The number of amides is 2. The Labute approximate surface area is 146 Å². The van der Waals surface area contributed by atoms with E-state index < -0.39 is 0 Å². The molecule has 0 radical (unpaired) electrons. The second-order valence-corrected chi connectivity index (χ2v) is 6.80. The van der Waals surface area contributed by atoms with Gasteiger partial charge >= 0.3 is 6.03 Å². The van der Waals surface area contributed by atoms with Crippen molar-refractivity contribution >= 4 is 33.8 Å². The summed E-state index contributed by atoms with van der Waals surface area (Å²) in [6.45, 7) is 0.337. The summed E-state index contributed by atoms with van der Waals surface area (Å²) in [6, 6.07) is 5.07. The van der Waals surface area contributed by atoms with E-state index in [1.807, 2.05) is 30.6 Å². The molecule has 0 saturated heterocycles. The normalized spacial score (nSPS) is 12.1. The molecule has 3 aromatic rings. The van der Waals surface area contributed by atoms with Crippen LogP contribution in [0.15, 0.2) is 29.8 Å². The Hall–Kier alpha value is -2.30. The lowest BCUT2D eigenvalue weighted by molar-refractivity contribution is 0.165. The van der Waals surface area contributed by atoms with Gasteiger partial charge in [0.15, 0.2) is 5.01 Å². The van der Waals surface area contributed by atoms with Gasteiger partial charge in [0.2, 0.25) is 5.13 Å². The number of ether oxygens (including phenoxy) is 1. The topological polar surface area (TPSA) is 94.0 Å². The number of urea groups is 1. The summed E-state index contributed by atoms with van der Waals surface area (Å²) in [5.41, 5.74) is 0.850. The summed E-state index contributed by atoms with van der Waals surface area (Å²) in [6.07, 6.45) is 1.68. The minimum absolute atomic E-state index is 0.313. The van der Waals surface area contributed by atoms with E-state index in [4.69, 9.17) is 4.74 Å². The van der Waals surface area contributed by atoms with Crippen LogP contribution in [-0.2, 0) is 11.8 Å². The van der Waals surface area contributed by atoms with Crippen LogP contribution in [-0.4, -0.2) is 39.7 Å². The first-order chi connectivity index (χ1) is 11.7. The molecule has 2 N–H and O–H groups in total. The quantitative estimate of drug-likeness (QED) is 0.701. The molecule has 0 fully saturated rings. The van der Waals surface area contributed by atoms with Crippen molar-refractivity contribution in [3.05, 3.63) is 35.5 Å². The van der Waals surface area contributed by atoms with E-state index in [0.717, 1.165) is 15.6 Å². The Morgan fingerprint density at radius 1 is 1.42 bits per heavy atom. The highest BCUT2D eigenvalue weighted by molar-refractivity contribution is 7.23. The molecule has 3 heterocycles. The zero-order chi connectivity index (χ0) is 16.9. The van der Waals surface area contributed by atoms with Crippen LogP contribution in [0, 0.1) is 0 Å². The Morgan fingerprint density at radius 2 is 2.29 bits per heavy atom.